The standard InChI is InChI=1S/C23H28N2O3/c1-5-25(6-2)23(28)18-9-11-19(12-10-18)24-22(27)14-13-21(26)20-15-16(3)7-8-17(20)4/h7-12,15H,5-6,13-14H2,1-4H3,(H,24,27). The van der Waals surface area contributed by atoms with Crippen LogP contribution in [0.1, 0.15) is 58.5 Å². The van der Waals surface area contributed by atoms with Gasteiger partial charge < -0.3 is 10.2 Å². The van der Waals surface area contributed by atoms with Crippen molar-refractivity contribution in [3.8, 4) is 0 Å². The lowest BCUT2D eigenvalue weighted by molar-refractivity contribution is -0.116. The molecule has 5 heteroatoms. The number of Topliss-reactive ketones (excluding diaryl/α,β-unsaturated/α-hetero) is 1. The fourth-order valence-electron chi connectivity index (χ4n) is 3.01. The fourth-order valence-corrected chi connectivity index (χ4v) is 3.01. The predicted molar refractivity (Wildman–Crippen MR) is 112 cm³/mol. The highest BCUT2D eigenvalue weighted by Gasteiger charge is 2.14. The molecule has 0 aliphatic heterocycles. The molecule has 0 radical (unpaired) electrons. The van der Waals surface area contributed by atoms with Gasteiger partial charge in [0.25, 0.3) is 5.91 Å². The number of rotatable bonds is 8. The second-order valence-corrected chi connectivity index (χ2v) is 6.84. The molecule has 2 aromatic carbocycles. The third-order valence-corrected chi connectivity index (χ3v) is 4.74. The van der Waals surface area contributed by atoms with Crippen LogP contribution in [0.2, 0.25) is 0 Å². The van der Waals surface area contributed by atoms with Crippen molar-refractivity contribution in [1.29, 1.82) is 0 Å². The van der Waals surface area contributed by atoms with Crippen molar-refractivity contribution in [3.63, 3.8) is 0 Å². The van der Waals surface area contributed by atoms with Gasteiger partial charge in [-0.25, -0.2) is 0 Å². The van der Waals surface area contributed by atoms with Crippen molar-refractivity contribution in [3.05, 3.63) is 64.7 Å². The molecule has 0 aromatic heterocycles. The molecule has 0 atom stereocenters. The summed E-state index contributed by atoms with van der Waals surface area (Å²) in [5.41, 5.74) is 3.82. The highest BCUT2D eigenvalue weighted by molar-refractivity contribution is 6.01. The zero-order valence-electron chi connectivity index (χ0n) is 17.0. The normalized spacial score (nSPS) is 10.4. The Hall–Kier alpha value is -2.95. The van der Waals surface area contributed by atoms with E-state index in [1.807, 2.05) is 45.9 Å². The van der Waals surface area contributed by atoms with Crippen LogP contribution in [0.3, 0.4) is 0 Å². The second kappa shape index (κ2) is 9.83. The van der Waals surface area contributed by atoms with Gasteiger partial charge in [0.05, 0.1) is 0 Å². The third-order valence-electron chi connectivity index (χ3n) is 4.74. The molecule has 2 amide bonds. The number of ketones is 1. The van der Waals surface area contributed by atoms with Crippen molar-refractivity contribution in [2.45, 2.75) is 40.5 Å². The number of nitrogens with zero attached hydrogens (tertiary/aromatic N) is 1. The summed E-state index contributed by atoms with van der Waals surface area (Å²) in [6.45, 7) is 9.03. The number of aryl methyl sites for hydroxylation is 2. The van der Waals surface area contributed by atoms with Gasteiger partial charge in [-0.1, -0.05) is 17.7 Å². The number of hydrogen-bond donors (Lipinski definition) is 1. The molecule has 0 saturated carbocycles. The number of carbonyl (C=O) groups is 3. The van der Waals surface area contributed by atoms with E-state index in [0.29, 0.717) is 29.9 Å². The Morgan fingerprint density at radius 2 is 1.54 bits per heavy atom. The highest BCUT2D eigenvalue weighted by atomic mass is 16.2. The minimum absolute atomic E-state index is 0.0259. The Morgan fingerprint density at radius 1 is 0.893 bits per heavy atom. The van der Waals surface area contributed by atoms with Crippen LogP contribution < -0.4 is 5.32 Å². The van der Waals surface area contributed by atoms with Crippen molar-refractivity contribution < 1.29 is 14.4 Å². The Bertz CT molecular complexity index is 853. The molecule has 0 heterocycles. The summed E-state index contributed by atoms with van der Waals surface area (Å²) in [6.07, 6.45) is 0.279. The molecular formula is C23H28N2O3. The van der Waals surface area contributed by atoms with Gasteiger partial charge in [-0.2, -0.15) is 0 Å². The molecule has 148 valence electrons. The van der Waals surface area contributed by atoms with Gasteiger partial charge in [0.1, 0.15) is 0 Å². The van der Waals surface area contributed by atoms with Crippen LogP contribution >= 0.6 is 0 Å². The lowest BCUT2D eigenvalue weighted by Gasteiger charge is -2.18. The van der Waals surface area contributed by atoms with Crippen LogP contribution in [0.15, 0.2) is 42.5 Å². The number of amides is 2. The van der Waals surface area contributed by atoms with E-state index in [0.717, 1.165) is 11.1 Å². The number of anilines is 1. The van der Waals surface area contributed by atoms with Crippen LogP contribution in [0.25, 0.3) is 0 Å². The summed E-state index contributed by atoms with van der Waals surface area (Å²) in [5.74, 6) is -0.278. The first kappa shape index (κ1) is 21.4. The number of nitrogens with one attached hydrogen (secondary N) is 1. The zero-order chi connectivity index (χ0) is 20.7. The minimum Gasteiger partial charge on any atom is -0.339 e. The van der Waals surface area contributed by atoms with E-state index in [9.17, 15) is 14.4 Å². The molecule has 0 spiro atoms. The Labute approximate surface area is 166 Å². The summed E-state index contributed by atoms with van der Waals surface area (Å²) >= 11 is 0. The lowest BCUT2D eigenvalue weighted by Crippen LogP contribution is -2.30. The molecule has 28 heavy (non-hydrogen) atoms. The maximum absolute atomic E-state index is 12.4. The average molecular weight is 380 g/mol. The van der Waals surface area contributed by atoms with Crippen molar-refractivity contribution in [2.75, 3.05) is 18.4 Å². The largest absolute Gasteiger partial charge is 0.339 e. The first-order valence-corrected chi connectivity index (χ1v) is 9.65. The van der Waals surface area contributed by atoms with Crippen LogP contribution in [0.5, 0.6) is 0 Å². The van der Waals surface area contributed by atoms with Gasteiger partial charge >= 0.3 is 0 Å². The summed E-state index contributed by atoms with van der Waals surface area (Å²) in [7, 11) is 0. The number of benzene rings is 2. The summed E-state index contributed by atoms with van der Waals surface area (Å²) in [6, 6.07) is 12.6. The van der Waals surface area contributed by atoms with E-state index in [1.54, 1.807) is 29.2 Å². The monoisotopic (exact) mass is 380 g/mol. The second-order valence-electron chi connectivity index (χ2n) is 6.84. The van der Waals surface area contributed by atoms with Crippen molar-refractivity contribution in [1.82, 2.24) is 4.90 Å². The SMILES string of the molecule is CCN(CC)C(=O)c1ccc(NC(=O)CCC(=O)c2cc(C)ccc2C)cc1. The summed E-state index contributed by atoms with van der Waals surface area (Å²) < 4.78 is 0. The van der Waals surface area contributed by atoms with Crippen LogP contribution in [0.4, 0.5) is 5.69 Å². The van der Waals surface area contributed by atoms with Gasteiger partial charge in [0, 0.05) is 42.7 Å². The molecule has 2 aromatic rings. The zero-order valence-corrected chi connectivity index (χ0v) is 17.0. The molecule has 0 aliphatic rings. The molecule has 5 nitrogen and oxygen atoms in total. The molecule has 0 bridgehead atoms. The first-order valence-electron chi connectivity index (χ1n) is 9.65. The van der Waals surface area contributed by atoms with Gasteiger partial charge in [-0.15, -0.1) is 0 Å². The number of carbonyl (C=O) groups excluding carboxylic acids is 3. The molecular weight excluding hydrogens is 352 g/mol. The van der Waals surface area contributed by atoms with E-state index >= 15 is 0 Å². The van der Waals surface area contributed by atoms with E-state index in [4.69, 9.17) is 0 Å². The van der Waals surface area contributed by atoms with E-state index in [-0.39, 0.29) is 30.4 Å². The Morgan fingerprint density at radius 3 is 2.14 bits per heavy atom. The smallest absolute Gasteiger partial charge is 0.253 e. The van der Waals surface area contributed by atoms with Gasteiger partial charge in [-0.3, -0.25) is 14.4 Å². The average Bonchev–Trinajstić information content (AvgIpc) is 2.69. The minimum atomic E-state index is -0.221. The summed E-state index contributed by atoms with van der Waals surface area (Å²) in [5, 5.41) is 2.78. The number of hydrogen-bond acceptors (Lipinski definition) is 3. The molecule has 0 unspecified atom stereocenters. The molecule has 0 aliphatic carbocycles. The van der Waals surface area contributed by atoms with Crippen LogP contribution in [-0.2, 0) is 4.79 Å². The Kier molecular flexibility index (Phi) is 7.50. The molecule has 0 saturated heterocycles. The third kappa shape index (κ3) is 5.52. The van der Waals surface area contributed by atoms with E-state index < -0.39 is 0 Å². The lowest BCUT2D eigenvalue weighted by atomic mass is 9.99. The van der Waals surface area contributed by atoms with Crippen LogP contribution in [0, 0.1) is 13.8 Å². The maximum atomic E-state index is 12.4. The molecule has 2 rings (SSSR count). The van der Waals surface area contributed by atoms with E-state index in [1.165, 1.54) is 0 Å². The summed E-state index contributed by atoms with van der Waals surface area (Å²) in [4.78, 5) is 38.6. The van der Waals surface area contributed by atoms with Gasteiger partial charge in [-0.05, 0) is 63.6 Å². The quantitative estimate of drug-likeness (QED) is 0.691. The van der Waals surface area contributed by atoms with Gasteiger partial charge in [0.15, 0.2) is 5.78 Å². The topological polar surface area (TPSA) is 66.5 Å². The van der Waals surface area contributed by atoms with Crippen molar-refractivity contribution >= 4 is 23.3 Å². The fraction of sp³-hybridized carbons (Fsp3) is 0.348. The van der Waals surface area contributed by atoms with E-state index in [2.05, 4.69) is 5.32 Å². The van der Waals surface area contributed by atoms with Crippen LogP contribution in [-0.4, -0.2) is 35.6 Å². The highest BCUT2D eigenvalue weighted by Crippen LogP contribution is 2.15. The predicted octanol–water partition coefficient (Wildman–Crippen LogP) is 4.39. The maximum Gasteiger partial charge on any atom is 0.253 e. The van der Waals surface area contributed by atoms with Gasteiger partial charge in [0.2, 0.25) is 5.91 Å². The first-order chi connectivity index (χ1) is 13.3. The van der Waals surface area contributed by atoms with Crippen molar-refractivity contribution in [2.24, 2.45) is 0 Å². The Balaban J connectivity index is 1.92. The molecule has 0 fully saturated rings. The molecule has 1 N–H and O–H groups in total.